The Balaban J connectivity index is 1.82. The van der Waals surface area contributed by atoms with Crippen molar-refractivity contribution in [2.75, 3.05) is 0 Å². The lowest BCUT2D eigenvalue weighted by atomic mass is 9.99. The summed E-state index contributed by atoms with van der Waals surface area (Å²) in [6, 6.07) is 16.4. The number of halogens is 2. The van der Waals surface area contributed by atoms with Crippen LogP contribution < -0.4 is 4.74 Å². The van der Waals surface area contributed by atoms with Gasteiger partial charge in [0, 0.05) is 24.1 Å². The minimum absolute atomic E-state index is 0.0840. The molecule has 3 aromatic rings. The van der Waals surface area contributed by atoms with Gasteiger partial charge >= 0.3 is 6.61 Å². The molecule has 0 saturated carbocycles. The Hall–Kier alpha value is -3.66. The summed E-state index contributed by atoms with van der Waals surface area (Å²) in [4.78, 5) is 22.9. The third kappa shape index (κ3) is 5.73. The molecule has 0 amide bonds. The lowest BCUT2D eigenvalue weighted by Gasteiger charge is -2.11. The molecule has 7 nitrogen and oxygen atoms in total. The van der Waals surface area contributed by atoms with Crippen LogP contribution in [0.25, 0.3) is 0 Å². The quantitative estimate of drug-likeness (QED) is 0.262. The third-order valence-corrected chi connectivity index (χ3v) is 6.24. The van der Waals surface area contributed by atoms with E-state index in [1.807, 2.05) is 0 Å². The first-order chi connectivity index (χ1) is 15.2. The van der Waals surface area contributed by atoms with Crippen LogP contribution in [0.2, 0.25) is 0 Å². The number of ether oxygens (including phenoxy) is 1. The Labute approximate surface area is 182 Å². The highest BCUT2D eigenvalue weighted by Crippen LogP contribution is 2.23. The van der Waals surface area contributed by atoms with E-state index in [0.717, 1.165) is 24.3 Å². The zero-order chi connectivity index (χ0) is 23.3. The van der Waals surface area contributed by atoms with Crippen molar-refractivity contribution in [2.24, 2.45) is 0 Å². The van der Waals surface area contributed by atoms with Crippen molar-refractivity contribution in [3.8, 4) is 5.75 Å². The molecule has 0 saturated heterocycles. The lowest BCUT2D eigenvalue weighted by molar-refractivity contribution is -0.384. The molecule has 0 bridgehead atoms. The molecule has 0 atom stereocenters. The Morgan fingerprint density at radius 2 is 1.69 bits per heavy atom. The summed E-state index contributed by atoms with van der Waals surface area (Å²) in [5, 5.41) is 10.8. The van der Waals surface area contributed by atoms with E-state index in [0.29, 0.717) is 5.56 Å². The highest BCUT2D eigenvalue weighted by molar-refractivity contribution is 7.90. The van der Waals surface area contributed by atoms with Gasteiger partial charge in [-0.3, -0.25) is 14.9 Å². The van der Waals surface area contributed by atoms with Gasteiger partial charge in [-0.05, 0) is 35.4 Å². The summed E-state index contributed by atoms with van der Waals surface area (Å²) in [6.07, 6.45) is -0.144. The van der Waals surface area contributed by atoms with Gasteiger partial charge in [-0.1, -0.05) is 36.4 Å². The standard InChI is InChI=1S/C22H17F2NO6S/c23-22(24)31-18-6-3-4-15(12-18)13-21(26)20-7-2-1-5-16(20)14-32(29,30)19-10-8-17(9-11-19)25(27)28/h1-12,22H,13-14H2. The molecule has 0 aliphatic rings. The Morgan fingerprint density at radius 1 is 1.00 bits per heavy atom. The maximum atomic E-state index is 12.9. The summed E-state index contributed by atoms with van der Waals surface area (Å²) in [5.74, 6) is -0.964. The molecule has 0 heterocycles. The largest absolute Gasteiger partial charge is 0.435 e. The number of rotatable bonds is 9. The average Bonchev–Trinajstić information content (AvgIpc) is 2.73. The second-order valence-electron chi connectivity index (χ2n) is 6.79. The van der Waals surface area contributed by atoms with Crippen LogP contribution in [0.1, 0.15) is 21.5 Å². The number of hydrogen-bond donors (Lipinski definition) is 0. The van der Waals surface area contributed by atoms with Crippen LogP contribution in [-0.2, 0) is 22.0 Å². The Kier molecular flexibility index (Phi) is 6.94. The molecule has 3 rings (SSSR count). The monoisotopic (exact) mass is 461 g/mol. The number of hydrogen-bond acceptors (Lipinski definition) is 6. The van der Waals surface area contributed by atoms with Crippen molar-refractivity contribution in [2.45, 2.75) is 23.7 Å². The van der Waals surface area contributed by atoms with E-state index in [2.05, 4.69) is 4.74 Å². The molecule has 0 unspecified atom stereocenters. The van der Waals surface area contributed by atoms with E-state index in [-0.39, 0.29) is 33.9 Å². The van der Waals surface area contributed by atoms with Gasteiger partial charge in [0.15, 0.2) is 15.6 Å². The fourth-order valence-corrected chi connectivity index (χ4v) is 4.47. The third-order valence-electron chi connectivity index (χ3n) is 4.56. The average molecular weight is 461 g/mol. The van der Waals surface area contributed by atoms with Crippen molar-refractivity contribution in [1.82, 2.24) is 0 Å². The number of carbonyl (C=O) groups is 1. The van der Waals surface area contributed by atoms with Crippen LogP contribution >= 0.6 is 0 Å². The van der Waals surface area contributed by atoms with Crippen molar-refractivity contribution in [1.29, 1.82) is 0 Å². The first-order valence-corrected chi connectivity index (χ1v) is 10.9. The van der Waals surface area contributed by atoms with Gasteiger partial charge in [-0.2, -0.15) is 8.78 Å². The maximum Gasteiger partial charge on any atom is 0.387 e. The van der Waals surface area contributed by atoms with Gasteiger partial charge in [-0.15, -0.1) is 0 Å². The van der Waals surface area contributed by atoms with Gasteiger partial charge in [0.2, 0.25) is 0 Å². The molecule has 166 valence electrons. The maximum absolute atomic E-state index is 12.9. The fraction of sp³-hybridized carbons (Fsp3) is 0.136. The minimum atomic E-state index is -3.88. The van der Waals surface area contributed by atoms with Crippen molar-refractivity contribution in [3.63, 3.8) is 0 Å². The van der Waals surface area contributed by atoms with E-state index in [9.17, 15) is 32.1 Å². The molecule has 0 aromatic heterocycles. The molecular formula is C22H17F2NO6S. The molecule has 3 aromatic carbocycles. The van der Waals surface area contributed by atoms with Gasteiger partial charge in [0.05, 0.1) is 15.6 Å². The van der Waals surface area contributed by atoms with Crippen LogP contribution in [0, 0.1) is 10.1 Å². The van der Waals surface area contributed by atoms with E-state index in [1.165, 1.54) is 30.3 Å². The van der Waals surface area contributed by atoms with Gasteiger partial charge in [-0.25, -0.2) is 8.42 Å². The smallest absolute Gasteiger partial charge is 0.387 e. The van der Waals surface area contributed by atoms with E-state index < -0.39 is 32.9 Å². The summed E-state index contributed by atoms with van der Waals surface area (Å²) >= 11 is 0. The molecular weight excluding hydrogens is 444 g/mol. The molecule has 0 fully saturated rings. The van der Waals surface area contributed by atoms with Crippen LogP contribution in [-0.4, -0.2) is 25.7 Å². The lowest BCUT2D eigenvalue weighted by Crippen LogP contribution is -2.12. The fourth-order valence-electron chi connectivity index (χ4n) is 3.09. The van der Waals surface area contributed by atoms with Crippen molar-refractivity contribution in [3.05, 3.63) is 99.6 Å². The normalized spacial score (nSPS) is 11.3. The number of ketones is 1. The number of alkyl halides is 2. The summed E-state index contributed by atoms with van der Waals surface area (Å²) in [6.45, 7) is -2.99. The molecule has 0 aliphatic heterocycles. The molecule has 0 spiro atoms. The minimum Gasteiger partial charge on any atom is -0.435 e. The van der Waals surface area contributed by atoms with E-state index in [4.69, 9.17) is 0 Å². The predicted molar refractivity (Wildman–Crippen MR) is 112 cm³/mol. The van der Waals surface area contributed by atoms with E-state index >= 15 is 0 Å². The van der Waals surface area contributed by atoms with Crippen LogP contribution in [0.4, 0.5) is 14.5 Å². The van der Waals surface area contributed by atoms with Crippen molar-refractivity contribution < 1.29 is 31.7 Å². The zero-order valence-corrected chi connectivity index (χ0v) is 17.3. The molecule has 0 aliphatic carbocycles. The van der Waals surface area contributed by atoms with Gasteiger partial charge in [0.1, 0.15) is 5.75 Å². The van der Waals surface area contributed by atoms with Crippen LogP contribution in [0.3, 0.4) is 0 Å². The SMILES string of the molecule is O=C(Cc1cccc(OC(F)F)c1)c1ccccc1CS(=O)(=O)c1ccc([N+](=O)[O-])cc1. The van der Waals surface area contributed by atoms with Gasteiger partial charge < -0.3 is 4.74 Å². The Bertz CT molecular complexity index is 1240. The molecule has 10 heteroatoms. The highest BCUT2D eigenvalue weighted by atomic mass is 32.2. The zero-order valence-electron chi connectivity index (χ0n) is 16.5. The van der Waals surface area contributed by atoms with Crippen LogP contribution in [0.5, 0.6) is 5.75 Å². The number of Topliss-reactive ketones (excluding diaryl/α,β-unsaturated/α-hetero) is 1. The number of benzene rings is 3. The number of non-ortho nitro benzene ring substituents is 1. The first-order valence-electron chi connectivity index (χ1n) is 9.28. The first kappa shape index (κ1) is 23.0. The molecule has 0 radical (unpaired) electrons. The number of nitro groups is 1. The molecule has 32 heavy (non-hydrogen) atoms. The van der Waals surface area contributed by atoms with Crippen LogP contribution in [0.15, 0.2) is 77.7 Å². The number of carbonyl (C=O) groups excluding carboxylic acids is 1. The number of nitro benzene ring substituents is 1. The summed E-state index contributed by atoms with van der Waals surface area (Å²) in [5.41, 5.74) is 0.632. The summed E-state index contributed by atoms with van der Waals surface area (Å²) in [7, 11) is -3.88. The predicted octanol–water partition coefficient (Wildman–Crippen LogP) is 4.60. The second kappa shape index (κ2) is 9.65. The molecule has 0 N–H and O–H groups in total. The summed E-state index contributed by atoms with van der Waals surface area (Å²) < 4.78 is 54.8. The topological polar surface area (TPSA) is 104 Å². The highest BCUT2D eigenvalue weighted by Gasteiger charge is 2.21. The Morgan fingerprint density at radius 3 is 2.34 bits per heavy atom. The number of nitrogens with zero attached hydrogens (tertiary/aromatic N) is 1. The number of sulfone groups is 1. The van der Waals surface area contributed by atoms with Gasteiger partial charge in [0.25, 0.3) is 5.69 Å². The van der Waals surface area contributed by atoms with E-state index in [1.54, 1.807) is 18.2 Å². The van der Waals surface area contributed by atoms with Crippen molar-refractivity contribution >= 4 is 21.3 Å². The second-order valence-corrected chi connectivity index (χ2v) is 8.78.